The van der Waals surface area contributed by atoms with Crippen molar-refractivity contribution in [1.82, 2.24) is 15.2 Å². The second-order valence-corrected chi connectivity index (χ2v) is 5.12. The molecule has 0 fully saturated rings. The van der Waals surface area contributed by atoms with Gasteiger partial charge in [0.25, 0.3) is 0 Å². The fraction of sp³-hybridized carbons (Fsp3) is 0.0556. The first kappa shape index (κ1) is 16.3. The third-order valence-electron chi connectivity index (χ3n) is 3.32. The van der Waals surface area contributed by atoms with E-state index in [1.807, 2.05) is 6.08 Å². The number of benzene rings is 2. The Labute approximate surface area is 143 Å². The summed E-state index contributed by atoms with van der Waals surface area (Å²) in [6, 6.07) is 13.7. The van der Waals surface area contributed by atoms with Gasteiger partial charge < -0.3 is 19.7 Å². The van der Waals surface area contributed by atoms with Crippen LogP contribution < -0.4 is 9.84 Å². The van der Waals surface area contributed by atoms with Crippen molar-refractivity contribution >= 4 is 18.1 Å². The van der Waals surface area contributed by atoms with Crippen molar-refractivity contribution in [3.05, 3.63) is 59.9 Å². The van der Waals surface area contributed by atoms with Crippen LogP contribution in [0.3, 0.4) is 0 Å². The molecule has 7 heteroatoms. The van der Waals surface area contributed by atoms with Gasteiger partial charge in [0.15, 0.2) is 5.82 Å². The summed E-state index contributed by atoms with van der Waals surface area (Å²) >= 11 is 0. The minimum atomic E-state index is -1.27. The lowest BCUT2D eigenvalue weighted by molar-refractivity contribution is -0.307. The molecule has 25 heavy (non-hydrogen) atoms. The van der Waals surface area contributed by atoms with Gasteiger partial charge in [-0.2, -0.15) is 5.10 Å². The van der Waals surface area contributed by atoms with Crippen molar-refractivity contribution in [3.63, 3.8) is 0 Å². The number of H-pyrrole nitrogens is 1. The number of carboxylic acids is 1. The van der Waals surface area contributed by atoms with E-state index in [4.69, 9.17) is 4.74 Å². The minimum absolute atomic E-state index is 0.115. The van der Waals surface area contributed by atoms with Gasteiger partial charge in [-0.3, -0.25) is 5.10 Å². The molecule has 2 aromatic carbocycles. The number of carbonyl (C=O) groups excluding carboxylic acids is 1. The predicted octanol–water partition coefficient (Wildman–Crippen LogP) is 1.48. The minimum Gasteiger partial charge on any atom is -0.546 e. The number of aromatic amines is 1. The van der Waals surface area contributed by atoms with Crippen LogP contribution in [0.2, 0.25) is 0 Å². The zero-order chi connectivity index (χ0) is 17.6. The number of aromatic hydroxyl groups is 1. The van der Waals surface area contributed by atoms with Crippen LogP contribution >= 0.6 is 0 Å². The Morgan fingerprint density at radius 3 is 2.64 bits per heavy atom. The number of aliphatic carboxylic acids is 1. The molecule has 0 saturated carbocycles. The first-order valence-electron chi connectivity index (χ1n) is 7.43. The topological polar surface area (TPSA) is 111 Å². The first-order chi connectivity index (χ1) is 12.1. The van der Waals surface area contributed by atoms with E-state index in [-0.39, 0.29) is 5.75 Å². The van der Waals surface area contributed by atoms with Crippen LogP contribution in [0.15, 0.2) is 48.5 Å². The maximum atomic E-state index is 10.3. The number of para-hydroxylation sites is 1. The van der Waals surface area contributed by atoms with Gasteiger partial charge >= 0.3 is 0 Å². The molecule has 0 radical (unpaired) electrons. The molecule has 0 aliphatic heterocycles. The van der Waals surface area contributed by atoms with Gasteiger partial charge in [0.2, 0.25) is 0 Å². The molecule has 0 aliphatic carbocycles. The Morgan fingerprint density at radius 1 is 1.16 bits per heavy atom. The van der Waals surface area contributed by atoms with E-state index < -0.39 is 12.6 Å². The Balaban J connectivity index is 1.68. The molecular formula is C18H14N3O4-. The monoisotopic (exact) mass is 336 g/mol. The van der Waals surface area contributed by atoms with Gasteiger partial charge in [0.1, 0.15) is 23.9 Å². The SMILES string of the molecule is O=C([O-])COc1ccc(/C=C/c2nc(-c3ccccc3O)n[nH]2)cc1. The summed E-state index contributed by atoms with van der Waals surface area (Å²) in [6.45, 7) is -0.484. The zero-order valence-electron chi connectivity index (χ0n) is 13.0. The fourth-order valence-corrected chi connectivity index (χ4v) is 2.12. The number of ether oxygens (including phenoxy) is 1. The van der Waals surface area contributed by atoms with Crippen molar-refractivity contribution in [3.8, 4) is 22.9 Å². The molecule has 0 spiro atoms. The van der Waals surface area contributed by atoms with Gasteiger partial charge in [-0.15, -0.1) is 0 Å². The maximum absolute atomic E-state index is 10.3. The zero-order valence-corrected chi connectivity index (χ0v) is 13.0. The number of nitrogens with one attached hydrogen (secondary N) is 1. The molecule has 0 unspecified atom stereocenters. The molecule has 1 aromatic heterocycles. The molecule has 0 saturated heterocycles. The normalized spacial score (nSPS) is 10.9. The lowest BCUT2D eigenvalue weighted by Gasteiger charge is -2.06. The van der Waals surface area contributed by atoms with Crippen LogP contribution in [0, 0.1) is 0 Å². The van der Waals surface area contributed by atoms with Crippen LogP contribution in [0.4, 0.5) is 0 Å². The number of carbonyl (C=O) groups is 1. The molecule has 1 heterocycles. The van der Waals surface area contributed by atoms with Crippen molar-refractivity contribution < 1.29 is 19.7 Å². The van der Waals surface area contributed by atoms with Crippen molar-refractivity contribution in [2.24, 2.45) is 0 Å². The second-order valence-electron chi connectivity index (χ2n) is 5.12. The Morgan fingerprint density at radius 2 is 1.92 bits per heavy atom. The summed E-state index contributed by atoms with van der Waals surface area (Å²) in [5.41, 5.74) is 1.43. The average Bonchev–Trinajstić information content (AvgIpc) is 3.08. The number of phenols is 1. The lowest BCUT2D eigenvalue weighted by atomic mass is 10.2. The highest BCUT2D eigenvalue weighted by Gasteiger charge is 2.08. The summed E-state index contributed by atoms with van der Waals surface area (Å²) in [7, 11) is 0. The van der Waals surface area contributed by atoms with Gasteiger partial charge in [-0.25, -0.2) is 4.98 Å². The quantitative estimate of drug-likeness (QED) is 0.705. The average molecular weight is 336 g/mol. The summed E-state index contributed by atoms with van der Waals surface area (Å²) < 4.78 is 5.01. The number of hydrogen-bond donors (Lipinski definition) is 2. The number of carboxylic acid groups (broad SMARTS) is 1. The van der Waals surface area contributed by atoms with Gasteiger partial charge in [-0.05, 0) is 35.9 Å². The van der Waals surface area contributed by atoms with Crippen molar-refractivity contribution in [1.29, 1.82) is 0 Å². The first-order valence-corrected chi connectivity index (χ1v) is 7.43. The third-order valence-corrected chi connectivity index (χ3v) is 3.32. The van der Waals surface area contributed by atoms with E-state index >= 15 is 0 Å². The van der Waals surface area contributed by atoms with Crippen LogP contribution in [-0.2, 0) is 4.79 Å². The molecule has 3 rings (SSSR count). The number of aromatic nitrogens is 3. The highest BCUT2D eigenvalue weighted by Crippen LogP contribution is 2.25. The number of nitrogens with zero attached hydrogens (tertiary/aromatic N) is 2. The molecule has 0 bridgehead atoms. The summed E-state index contributed by atoms with van der Waals surface area (Å²) in [5, 5.41) is 27.0. The third kappa shape index (κ3) is 4.23. The number of hydrogen-bond acceptors (Lipinski definition) is 6. The van der Waals surface area contributed by atoms with E-state index in [0.717, 1.165) is 5.56 Å². The Bertz CT molecular complexity index is 901. The molecule has 3 aromatic rings. The summed E-state index contributed by atoms with van der Waals surface area (Å²) in [6.07, 6.45) is 3.56. The van der Waals surface area contributed by atoms with Crippen LogP contribution in [0.25, 0.3) is 23.5 Å². The molecule has 126 valence electrons. The Hall–Kier alpha value is -3.61. The van der Waals surface area contributed by atoms with Crippen LogP contribution in [-0.4, -0.2) is 32.9 Å². The largest absolute Gasteiger partial charge is 0.546 e. The number of rotatable bonds is 6. The van der Waals surface area contributed by atoms with E-state index in [9.17, 15) is 15.0 Å². The van der Waals surface area contributed by atoms with Gasteiger partial charge in [0, 0.05) is 0 Å². The molecule has 2 N–H and O–H groups in total. The fourth-order valence-electron chi connectivity index (χ4n) is 2.12. The van der Waals surface area contributed by atoms with Crippen LogP contribution in [0.5, 0.6) is 11.5 Å². The molecule has 0 amide bonds. The van der Waals surface area contributed by atoms with E-state index in [2.05, 4.69) is 15.2 Å². The maximum Gasteiger partial charge on any atom is 0.185 e. The standard InChI is InChI=1S/C18H15N3O4/c22-15-4-2-1-3-14(15)18-19-16(20-21-18)10-7-12-5-8-13(9-6-12)25-11-17(23)24/h1-10,22H,11H2,(H,23,24)(H,19,20,21)/p-1/b10-7+. The molecule has 0 aliphatic rings. The Kier molecular flexibility index (Phi) is 4.75. The van der Waals surface area contributed by atoms with Crippen LogP contribution in [0.1, 0.15) is 11.4 Å². The molecule has 0 atom stereocenters. The predicted molar refractivity (Wildman–Crippen MR) is 89.4 cm³/mol. The highest BCUT2D eigenvalue weighted by atomic mass is 16.5. The van der Waals surface area contributed by atoms with E-state index in [1.165, 1.54) is 0 Å². The van der Waals surface area contributed by atoms with Gasteiger partial charge in [-0.1, -0.05) is 30.3 Å². The summed E-state index contributed by atoms with van der Waals surface area (Å²) in [5.74, 6) is 0.237. The second kappa shape index (κ2) is 7.31. The number of phenolic OH excluding ortho intramolecular Hbond substituents is 1. The van der Waals surface area contributed by atoms with E-state index in [0.29, 0.717) is 23.0 Å². The molecular weight excluding hydrogens is 322 g/mol. The van der Waals surface area contributed by atoms with Crippen molar-refractivity contribution in [2.45, 2.75) is 0 Å². The smallest absolute Gasteiger partial charge is 0.185 e. The highest BCUT2D eigenvalue weighted by molar-refractivity contribution is 5.69. The summed E-state index contributed by atoms with van der Waals surface area (Å²) in [4.78, 5) is 14.7. The van der Waals surface area contributed by atoms with E-state index in [1.54, 1.807) is 54.6 Å². The van der Waals surface area contributed by atoms with Crippen molar-refractivity contribution in [2.75, 3.05) is 6.61 Å². The lowest BCUT2D eigenvalue weighted by Crippen LogP contribution is -2.28. The van der Waals surface area contributed by atoms with Gasteiger partial charge in [0.05, 0.1) is 11.5 Å². The molecule has 7 nitrogen and oxygen atoms in total.